The van der Waals surface area contributed by atoms with Crippen molar-refractivity contribution in [3.8, 4) is 23.7 Å². The lowest BCUT2D eigenvalue weighted by molar-refractivity contribution is -0.134. The van der Waals surface area contributed by atoms with E-state index in [-0.39, 0.29) is 0 Å². The first kappa shape index (κ1) is 13.3. The fourth-order valence-electron chi connectivity index (χ4n) is 1.02. The molecule has 0 aliphatic heterocycles. The molecule has 1 aromatic rings. The summed E-state index contributed by atoms with van der Waals surface area (Å²) in [4.78, 5) is 21.7. The van der Waals surface area contributed by atoms with Crippen molar-refractivity contribution in [2.75, 3.05) is 14.2 Å². The van der Waals surface area contributed by atoms with Crippen LogP contribution in [0.1, 0.15) is 11.1 Å². The molecule has 0 spiro atoms. The Balaban J connectivity index is 2.90. The van der Waals surface area contributed by atoms with Gasteiger partial charge >= 0.3 is 11.9 Å². The van der Waals surface area contributed by atoms with Crippen molar-refractivity contribution < 1.29 is 19.1 Å². The van der Waals surface area contributed by atoms with E-state index >= 15 is 0 Å². The summed E-state index contributed by atoms with van der Waals surface area (Å²) in [5.41, 5.74) is 1.22. The second-order valence-corrected chi connectivity index (χ2v) is 3.06. The van der Waals surface area contributed by atoms with E-state index in [1.165, 1.54) is 14.2 Å². The molecule has 0 heterocycles. The Labute approximate surface area is 105 Å². The fourth-order valence-corrected chi connectivity index (χ4v) is 1.02. The van der Waals surface area contributed by atoms with Gasteiger partial charge in [0.05, 0.1) is 14.2 Å². The lowest BCUT2D eigenvalue weighted by Crippen LogP contribution is -1.95. The molecule has 1 aromatic carbocycles. The molecule has 18 heavy (non-hydrogen) atoms. The molecule has 0 radical (unpaired) electrons. The molecular formula is C14H10O4. The number of hydrogen-bond donors (Lipinski definition) is 0. The quantitative estimate of drug-likeness (QED) is 0.497. The highest BCUT2D eigenvalue weighted by Gasteiger charge is 1.94. The zero-order valence-electron chi connectivity index (χ0n) is 9.94. The molecule has 0 aliphatic carbocycles. The highest BCUT2D eigenvalue weighted by molar-refractivity contribution is 5.89. The Hall–Kier alpha value is -2.72. The van der Waals surface area contributed by atoms with Crippen LogP contribution in [0.2, 0.25) is 0 Å². The Morgan fingerprint density at radius 2 is 1.39 bits per heavy atom. The number of esters is 2. The van der Waals surface area contributed by atoms with Crippen molar-refractivity contribution in [3.05, 3.63) is 35.4 Å². The molecule has 90 valence electrons. The second kappa shape index (κ2) is 6.78. The van der Waals surface area contributed by atoms with Gasteiger partial charge in [0.25, 0.3) is 0 Å². The van der Waals surface area contributed by atoms with Crippen LogP contribution in [0.5, 0.6) is 0 Å². The van der Waals surface area contributed by atoms with Gasteiger partial charge in [-0.1, -0.05) is 17.9 Å². The molecule has 0 amide bonds. The molecule has 0 N–H and O–H groups in total. The minimum Gasteiger partial charge on any atom is -0.459 e. The van der Waals surface area contributed by atoms with Gasteiger partial charge in [0.1, 0.15) is 0 Å². The highest BCUT2D eigenvalue weighted by atomic mass is 16.5. The topological polar surface area (TPSA) is 52.6 Å². The monoisotopic (exact) mass is 242 g/mol. The van der Waals surface area contributed by atoms with E-state index in [1.54, 1.807) is 24.3 Å². The van der Waals surface area contributed by atoms with Gasteiger partial charge in [0.15, 0.2) is 0 Å². The number of rotatable bonds is 0. The summed E-state index contributed by atoms with van der Waals surface area (Å²) in [6, 6.07) is 6.83. The third-order valence-corrected chi connectivity index (χ3v) is 1.85. The number of carbonyl (C=O) groups excluding carboxylic acids is 2. The van der Waals surface area contributed by atoms with Crippen molar-refractivity contribution in [2.45, 2.75) is 0 Å². The van der Waals surface area contributed by atoms with Crippen LogP contribution >= 0.6 is 0 Å². The van der Waals surface area contributed by atoms with Gasteiger partial charge in [-0.15, -0.1) is 0 Å². The SMILES string of the molecule is COC(=O)C#Cc1cccc(C#CC(=O)OC)c1. The van der Waals surface area contributed by atoms with Crippen LogP contribution in [0, 0.1) is 23.7 Å². The molecule has 0 saturated carbocycles. The van der Waals surface area contributed by atoms with Crippen molar-refractivity contribution >= 4 is 11.9 Å². The Morgan fingerprint density at radius 3 is 1.78 bits per heavy atom. The zero-order chi connectivity index (χ0) is 13.4. The summed E-state index contributed by atoms with van der Waals surface area (Å²) in [6.07, 6.45) is 0. The molecule has 0 atom stereocenters. The van der Waals surface area contributed by atoms with Crippen LogP contribution in [0.3, 0.4) is 0 Å². The summed E-state index contributed by atoms with van der Waals surface area (Å²) >= 11 is 0. The maximum absolute atomic E-state index is 10.8. The van der Waals surface area contributed by atoms with Crippen molar-refractivity contribution in [1.82, 2.24) is 0 Å². The summed E-state index contributed by atoms with van der Waals surface area (Å²) in [6.45, 7) is 0. The lowest BCUT2D eigenvalue weighted by atomic mass is 10.1. The minimum atomic E-state index is -0.610. The molecular weight excluding hydrogens is 232 g/mol. The van der Waals surface area contributed by atoms with E-state index in [1.807, 2.05) is 0 Å². The first-order valence-electron chi connectivity index (χ1n) is 4.95. The van der Waals surface area contributed by atoms with Crippen molar-refractivity contribution in [3.63, 3.8) is 0 Å². The summed E-state index contributed by atoms with van der Waals surface area (Å²) in [5, 5.41) is 0. The van der Waals surface area contributed by atoms with Gasteiger partial charge < -0.3 is 9.47 Å². The first-order chi connectivity index (χ1) is 8.65. The van der Waals surface area contributed by atoms with Crippen LogP contribution in [-0.4, -0.2) is 26.2 Å². The smallest absolute Gasteiger partial charge is 0.384 e. The first-order valence-corrected chi connectivity index (χ1v) is 4.95. The van der Waals surface area contributed by atoms with Crippen LogP contribution in [0.15, 0.2) is 24.3 Å². The normalized spacial score (nSPS) is 8.11. The maximum atomic E-state index is 10.8. The van der Waals surface area contributed by atoms with E-state index in [4.69, 9.17) is 0 Å². The lowest BCUT2D eigenvalue weighted by Gasteiger charge is -1.92. The van der Waals surface area contributed by atoms with Crippen molar-refractivity contribution in [1.29, 1.82) is 0 Å². The summed E-state index contributed by atoms with van der Waals surface area (Å²) < 4.78 is 8.79. The number of hydrogen-bond acceptors (Lipinski definition) is 4. The van der Waals surface area contributed by atoms with Gasteiger partial charge in [-0.05, 0) is 18.2 Å². The van der Waals surface area contributed by atoms with Gasteiger partial charge in [-0.2, -0.15) is 0 Å². The third kappa shape index (κ3) is 4.42. The highest BCUT2D eigenvalue weighted by Crippen LogP contribution is 2.02. The Bertz CT molecular complexity index is 530. The summed E-state index contributed by atoms with van der Waals surface area (Å²) in [7, 11) is 2.52. The van der Waals surface area contributed by atoms with Crippen molar-refractivity contribution in [2.24, 2.45) is 0 Å². The van der Waals surface area contributed by atoms with Gasteiger partial charge in [-0.25, -0.2) is 9.59 Å². The molecule has 0 unspecified atom stereocenters. The molecule has 0 aromatic heterocycles. The van der Waals surface area contributed by atoms with Gasteiger partial charge in [0.2, 0.25) is 0 Å². The molecule has 0 saturated heterocycles. The predicted molar refractivity (Wildman–Crippen MR) is 64.2 cm³/mol. The maximum Gasteiger partial charge on any atom is 0.384 e. The molecule has 1 rings (SSSR count). The molecule has 0 fully saturated rings. The molecule has 0 bridgehead atoms. The largest absolute Gasteiger partial charge is 0.459 e. The molecule has 4 nitrogen and oxygen atoms in total. The standard InChI is InChI=1S/C14H10O4/c1-17-13(15)8-6-11-4-3-5-12(10-11)7-9-14(16)18-2/h3-5,10H,1-2H3. The second-order valence-electron chi connectivity index (χ2n) is 3.06. The fraction of sp³-hybridized carbons (Fsp3) is 0.143. The third-order valence-electron chi connectivity index (χ3n) is 1.85. The Morgan fingerprint density at radius 1 is 0.944 bits per heavy atom. The number of benzene rings is 1. The average molecular weight is 242 g/mol. The number of carbonyl (C=O) groups is 2. The van der Waals surface area contributed by atoms with Crippen LogP contribution in [-0.2, 0) is 19.1 Å². The van der Waals surface area contributed by atoms with Gasteiger partial charge in [-0.3, -0.25) is 0 Å². The molecule has 4 heteroatoms. The van der Waals surface area contributed by atoms with Gasteiger partial charge in [0, 0.05) is 23.0 Å². The van der Waals surface area contributed by atoms with E-state index < -0.39 is 11.9 Å². The number of ether oxygens (including phenoxy) is 2. The summed E-state index contributed by atoms with van der Waals surface area (Å²) in [5.74, 6) is 8.64. The minimum absolute atomic E-state index is 0.608. The number of methoxy groups -OCH3 is 2. The average Bonchev–Trinajstić information content (AvgIpc) is 2.42. The van der Waals surface area contributed by atoms with Crippen LogP contribution in [0.25, 0.3) is 0 Å². The van der Waals surface area contributed by atoms with E-state index in [2.05, 4.69) is 33.2 Å². The van der Waals surface area contributed by atoms with Crippen LogP contribution in [0.4, 0.5) is 0 Å². The predicted octanol–water partition coefficient (Wildman–Crippen LogP) is 0.736. The van der Waals surface area contributed by atoms with Crippen LogP contribution < -0.4 is 0 Å². The molecule has 0 aliphatic rings. The van der Waals surface area contributed by atoms with E-state index in [0.29, 0.717) is 11.1 Å². The van der Waals surface area contributed by atoms with E-state index in [0.717, 1.165) is 0 Å². The Kier molecular flexibility index (Phi) is 5.02. The van der Waals surface area contributed by atoms with E-state index in [9.17, 15) is 9.59 Å². The zero-order valence-corrected chi connectivity index (χ0v) is 9.94.